The van der Waals surface area contributed by atoms with Crippen molar-refractivity contribution in [3.63, 3.8) is 0 Å². The van der Waals surface area contributed by atoms with E-state index in [-0.39, 0.29) is 15.3 Å². The predicted octanol–water partition coefficient (Wildman–Crippen LogP) is 4.49. The molecule has 0 bridgehead atoms. The van der Waals surface area contributed by atoms with Crippen molar-refractivity contribution < 1.29 is 17.9 Å². The molecule has 0 saturated heterocycles. The van der Waals surface area contributed by atoms with Gasteiger partial charge in [-0.2, -0.15) is 0 Å². The third kappa shape index (κ3) is 3.96. The highest BCUT2D eigenvalue weighted by molar-refractivity contribution is 9.10. The fourth-order valence-electron chi connectivity index (χ4n) is 3.05. The van der Waals surface area contributed by atoms with Crippen LogP contribution in [0.25, 0.3) is 5.69 Å². The van der Waals surface area contributed by atoms with Crippen molar-refractivity contribution in [2.45, 2.75) is 43.0 Å². The quantitative estimate of drug-likeness (QED) is 0.520. The van der Waals surface area contributed by atoms with Gasteiger partial charge in [0, 0.05) is 12.1 Å². The largest absolute Gasteiger partial charge is 0.495 e. The topological polar surface area (TPSA) is 83.3 Å². The van der Waals surface area contributed by atoms with E-state index in [2.05, 4.69) is 47.0 Å². The molecule has 0 unspecified atom stereocenters. The molecule has 2 aromatic carbocycles. The van der Waals surface area contributed by atoms with Crippen LogP contribution in [-0.2, 0) is 15.3 Å². The monoisotopic (exact) mass is 493 g/mol. The van der Waals surface area contributed by atoms with Crippen molar-refractivity contribution >= 4 is 25.8 Å². The molecule has 0 fully saturated rings. The molecule has 30 heavy (non-hydrogen) atoms. The van der Waals surface area contributed by atoms with Crippen LogP contribution in [0.1, 0.15) is 32.0 Å². The minimum Gasteiger partial charge on any atom is -0.495 e. The summed E-state index contributed by atoms with van der Waals surface area (Å²) in [5, 5.41) is 7.96. The minimum atomic E-state index is -3.84. The van der Waals surface area contributed by atoms with E-state index in [0.717, 1.165) is 5.56 Å². The molecule has 0 spiro atoms. The molecule has 0 amide bonds. The van der Waals surface area contributed by atoms with Gasteiger partial charge >= 0.3 is 0 Å². The van der Waals surface area contributed by atoms with Gasteiger partial charge in [-0.1, -0.05) is 38.1 Å². The Balaban J connectivity index is 2.09. The summed E-state index contributed by atoms with van der Waals surface area (Å²) in [6, 6.07) is 10.3. The Bertz CT molecular complexity index is 1180. The SMILES string of the molecule is COc1cc(-n2nnc(S(=O)(=O)c3ccc(C(C)(C)C)cc3)c2C)c(OC)cc1Br. The fourth-order valence-corrected chi connectivity index (χ4v) is 4.87. The number of hydrogen-bond acceptors (Lipinski definition) is 6. The Morgan fingerprint density at radius 2 is 1.60 bits per heavy atom. The zero-order valence-corrected chi connectivity index (χ0v) is 20.1. The van der Waals surface area contributed by atoms with Gasteiger partial charge < -0.3 is 9.47 Å². The van der Waals surface area contributed by atoms with Crippen molar-refractivity contribution in [3.05, 3.63) is 52.1 Å². The highest BCUT2D eigenvalue weighted by atomic mass is 79.9. The summed E-state index contributed by atoms with van der Waals surface area (Å²) in [6.07, 6.45) is 0. The second-order valence-electron chi connectivity index (χ2n) is 7.83. The Kier molecular flexibility index (Phi) is 5.97. The van der Waals surface area contributed by atoms with Crippen molar-refractivity contribution in [2.75, 3.05) is 14.2 Å². The Morgan fingerprint density at radius 3 is 2.13 bits per heavy atom. The summed E-state index contributed by atoms with van der Waals surface area (Å²) in [5.74, 6) is 1.05. The zero-order valence-electron chi connectivity index (χ0n) is 17.7. The van der Waals surface area contributed by atoms with Crippen LogP contribution < -0.4 is 9.47 Å². The summed E-state index contributed by atoms with van der Waals surface area (Å²) < 4.78 is 39.3. The highest BCUT2D eigenvalue weighted by Crippen LogP contribution is 2.36. The van der Waals surface area contributed by atoms with Crippen molar-refractivity contribution in [3.8, 4) is 17.2 Å². The van der Waals surface area contributed by atoms with Crippen LogP contribution in [0.15, 0.2) is 50.8 Å². The zero-order chi connectivity index (χ0) is 22.3. The first kappa shape index (κ1) is 22.3. The van der Waals surface area contributed by atoms with Crippen LogP contribution in [0.3, 0.4) is 0 Å². The van der Waals surface area contributed by atoms with Gasteiger partial charge in [0.05, 0.1) is 29.3 Å². The first-order valence-electron chi connectivity index (χ1n) is 9.20. The molecule has 0 atom stereocenters. The van der Waals surface area contributed by atoms with Crippen molar-refractivity contribution in [1.82, 2.24) is 15.0 Å². The number of hydrogen-bond donors (Lipinski definition) is 0. The van der Waals surface area contributed by atoms with Gasteiger partial charge in [-0.25, -0.2) is 13.1 Å². The number of benzene rings is 2. The molecule has 0 saturated carbocycles. The Labute approximate surface area is 185 Å². The number of halogens is 1. The summed E-state index contributed by atoms with van der Waals surface area (Å²) >= 11 is 3.41. The summed E-state index contributed by atoms with van der Waals surface area (Å²) in [4.78, 5) is 0.172. The van der Waals surface area contributed by atoms with Gasteiger partial charge in [-0.15, -0.1) is 5.10 Å². The average Bonchev–Trinajstić information content (AvgIpc) is 3.09. The second kappa shape index (κ2) is 8.03. The second-order valence-corrected chi connectivity index (χ2v) is 10.5. The maximum absolute atomic E-state index is 13.2. The maximum Gasteiger partial charge on any atom is 0.227 e. The van der Waals surface area contributed by atoms with Crippen LogP contribution in [0.5, 0.6) is 11.5 Å². The van der Waals surface area contributed by atoms with E-state index >= 15 is 0 Å². The molecule has 1 aromatic heterocycles. The normalized spacial score (nSPS) is 12.1. The lowest BCUT2D eigenvalue weighted by atomic mass is 9.87. The van der Waals surface area contributed by atoms with Crippen molar-refractivity contribution in [1.29, 1.82) is 0 Å². The molecule has 3 rings (SSSR count). The lowest BCUT2D eigenvalue weighted by Crippen LogP contribution is -2.12. The number of aromatic nitrogens is 3. The lowest BCUT2D eigenvalue weighted by Gasteiger charge is -2.19. The fraction of sp³-hybridized carbons (Fsp3) is 0.333. The van der Waals surface area contributed by atoms with Crippen LogP contribution in [0.4, 0.5) is 0 Å². The molecule has 3 aromatic rings. The third-order valence-electron chi connectivity index (χ3n) is 4.82. The predicted molar refractivity (Wildman–Crippen MR) is 117 cm³/mol. The minimum absolute atomic E-state index is 0.0709. The Morgan fingerprint density at radius 1 is 1.00 bits per heavy atom. The number of methoxy groups -OCH3 is 2. The molecule has 7 nitrogen and oxygen atoms in total. The third-order valence-corrected chi connectivity index (χ3v) is 7.22. The first-order valence-corrected chi connectivity index (χ1v) is 11.5. The highest BCUT2D eigenvalue weighted by Gasteiger charge is 2.27. The molecular weight excluding hydrogens is 470 g/mol. The van der Waals surface area contributed by atoms with Crippen LogP contribution in [0.2, 0.25) is 0 Å². The average molecular weight is 494 g/mol. The Hall–Kier alpha value is -2.39. The van der Waals surface area contributed by atoms with E-state index in [0.29, 0.717) is 27.4 Å². The summed E-state index contributed by atoms with van der Waals surface area (Å²) in [6.45, 7) is 7.88. The summed E-state index contributed by atoms with van der Waals surface area (Å²) in [7, 11) is -0.769. The standard InChI is InChI=1S/C21H24BrN3O4S/c1-13-20(30(26,27)15-9-7-14(8-10-15)21(2,3)4)23-24-25(13)17-12-18(28-5)16(22)11-19(17)29-6/h7-12H,1-6H3. The van der Waals surface area contributed by atoms with Crippen LogP contribution in [-0.4, -0.2) is 37.6 Å². The number of rotatable bonds is 5. The van der Waals surface area contributed by atoms with Gasteiger partial charge in [0.2, 0.25) is 14.9 Å². The number of ether oxygens (including phenoxy) is 2. The van der Waals surface area contributed by atoms with Gasteiger partial charge in [0.15, 0.2) is 0 Å². The van der Waals surface area contributed by atoms with E-state index in [1.54, 1.807) is 38.3 Å². The van der Waals surface area contributed by atoms with E-state index in [4.69, 9.17) is 9.47 Å². The molecule has 0 N–H and O–H groups in total. The van der Waals surface area contributed by atoms with Gasteiger partial charge in [-0.05, 0) is 46.0 Å². The van der Waals surface area contributed by atoms with E-state index in [1.807, 2.05) is 12.1 Å². The van der Waals surface area contributed by atoms with Crippen molar-refractivity contribution in [2.24, 2.45) is 0 Å². The number of nitrogens with zero attached hydrogens (tertiary/aromatic N) is 3. The van der Waals surface area contributed by atoms with Gasteiger partial charge in [0.25, 0.3) is 0 Å². The van der Waals surface area contributed by atoms with Crippen LogP contribution >= 0.6 is 15.9 Å². The lowest BCUT2D eigenvalue weighted by molar-refractivity contribution is 0.398. The van der Waals surface area contributed by atoms with E-state index in [1.165, 1.54) is 11.8 Å². The van der Waals surface area contributed by atoms with Gasteiger partial charge in [0.1, 0.15) is 17.2 Å². The molecule has 9 heteroatoms. The molecular formula is C21H24BrN3O4S. The first-order chi connectivity index (χ1) is 14.0. The summed E-state index contributed by atoms with van der Waals surface area (Å²) in [5.41, 5.74) is 1.87. The smallest absolute Gasteiger partial charge is 0.227 e. The molecule has 0 aliphatic rings. The van der Waals surface area contributed by atoms with Gasteiger partial charge in [-0.3, -0.25) is 0 Å². The molecule has 0 aliphatic carbocycles. The molecule has 0 radical (unpaired) electrons. The number of sulfone groups is 1. The molecule has 160 valence electrons. The molecule has 0 aliphatic heterocycles. The maximum atomic E-state index is 13.2. The van der Waals surface area contributed by atoms with Crippen LogP contribution in [0, 0.1) is 6.92 Å². The van der Waals surface area contributed by atoms with E-state index in [9.17, 15) is 8.42 Å². The van der Waals surface area contributed by atoms with E-state index < -0.39 is 9.84 Å². The molecule has 1 heterocycles.